The van der Waals surface area contributed by atoms with Gasteiger partial charge in [0.05, 0.1) is 18.3 Å². The van der Waals surface area contributed by atoms with Gasteiger partial charge in [0.15, 0.2) is 11.6 Å². The van der Waals surface area contributed by atoms with E-state index in [1.165, 1.54) is 11.0 Å². The molecule has 4 aromatic heterocycles. The Morgan fingerprint density at radius 3 is 2.76 bits per heavy atom. The predicted octanol–water partition coefficient (Wildman–Crippen LogP) is 2.37. The number of carbonyl (C=O) groups is 1. The average molecular weight is 460 g/mol. The monoisotopic (exact) mass is 460 g/mol. The van der Waals surface area contributed by atoms with Crippen LogP contribution in [0.3, 0.4) is 0 Å². The number of nitrogen functional groups attached to an aromatic ring is 1. The number of pyridine rings is 2. The summed E-state index contributed by atoms with van der Waals surface area (Å²) in [6.45, 7) is 2.79. The molecule has 4 aromatic rings. The maximum absolute atomic E-state index is 13.1. The zero-order valence-electron chi connectivity index (χ0n) is 17.3. The van der Waals surface area contributed by atoms with Crippen molar-refractivity contribution in [3.8, 4) is 11.1 Å². The highest BCUT2D eigenvalue weighted by Crippen LogP contribution is 2.35. The molecule has 0 spiro atoms. The normalized spacial score (nSPS) is 11.6. The SMILES string of the molecule is CCn1nnc(CCNC(=O)Nc2cn3cc(-c4cnc(N)c(C(F)(F)F)c4)ccc3n2)n1. The van der Waals surface area contributed by atoms with E-state index in [-0.39, 0.29) is 11.4 Å². The number of fused-ring (bicyclic) bond motifs is 1. The summed E-state index contributed by atoms with van der Waals surface area (Å²) in [6.07, 6.45) is 0.198. The number of nitrogens with one attached hydrogen (secondary N) is 2. The molecule has 4 heterocycles. The molecule has 0 aliphatic rings. The third kappa shape index (κ3) is 4.99. The van der Waals surface area contributed by atoms with Crippen molar-refractivity contribution in [1.82, 2.24) is 39.9 Å². The number of nitrogens with zero attached hydrogens (tertiary/aromatic N) is 7. The Morgan fingerprint density at radius 2 is 2.03 bits per heavy atom. The summed E-state index contributed by atoms with van der Waals surface area (Å²) < 4.78 is 41.0. The van der Waals surface area contributed by atoms with E-state index in [0.717, 1.165) is 6.07 Å². The summed E-state index contributed by atoms with van der Waals surface area (Å²) >= 11 is 0. The topological polar surface area (TPSA) is 141 Å². The minimum Gasteiger partial charge on any atom is -0.383 e. The van der Waals surface area contributed by atoms with Crippen molar-refractivity contribution in [3.05, 3.63) is 48.2 Å². The number of imidazole rings is 1. The van der Waals surface area contributed by atoms with Crippen LogP contribution in [0.15, 0.2) is 36.8 Å². The van der Waals surface area contributed by atoms with Crippen molar-refractivity contribution in [2.45, 2.75) is 26.1 Å². The van der Waals surface area contributed by atoms with E-state index in [1.54, 1.807) is 28.9 Å². The zero-order valence-corrected chi connectivity index (χ0v) is 17.3. The third-order valence-corrected chi connectivity index (χ3v) is 4.66. The van der Waals surface area contributed by atoms with Crippen LogP contribution in [0.5, 0.6) is 0 Å². The van der Waals surface area contributed by atoms with Gasteiger partial charge in [-0.3, -0.25) is 5.32 Å². The van der Waals surface area contributed by atoms with Crippen molar-refractivity contribution in [3.63, 3.8) is 0 Å². The van der Waals surface area contributed by atoms with Crippen molar-refractivity contribution in [1.29, 1.82) is 0 Å². The maximum atomic E-state index is 13.1. The molecule has 0 aliphatic carbocycles. The fourth-order valence-electron chi connectivity index (χ4n) is 3.04. The van der Waals surface area contributed by atoms with Gasteiger partial charge < -0.3 is 15.5 Å². The van der Waals surface area contributed by atoms with Gasteiger partial charge in [0.25, 0.3) is 0 Å². The van der Waals surface area contributed by atoms with Gasteiger partial charge >= 0.3 is 12.2 Å². The number of hydrogen-bond acceptors (Lipinski definition) is 7. The van der Waals surface area contributed by atoms with Gasteiger partial charge in [-0.05, 0) is 30.3 Å². The van der Waals surface area contributed by atoms with Crippen LogP contribution >= 0.6 is 0 Å². The first kappa shape index (κ1) is 22.0. The molecule has 4 rings (SSSR count). The summed E-state index contributed by atoms with van der Waals surface area (Å²) in [5.41, 5.74) is 5.57. The molecule has 0 fully saturated rings. The Balaban J connectivity index is 1.43. The van der Waals surface area contributed by atoms with Crippen LogP contribution in [0.4, 0.5) is 29.6 Å². The van der Waals surface area contributed by atoms with Gasteiger partial charge in [-0.15, -0.1) is 10.2 Å². The molecular weight excluding hydrogens is 441 g/mol. The van der Waals surface area contributed by atoms with Gasteiger partial charge in [0.2, 0.25) is 0 Å². The number of aryl methyl sites for hydroxylation is 1. The van der Waals surface area contributed by atoms with Crippen LogP contribution in [0.1, 0.15) is 18.3 Å². The number of anilines is 2. The van der Waals surface area contributed by atoms with Crippen LogP contribution in [-0.4, -0.2) is 47.2 Å². The lowest BCUT2D eigenvalue weighted by molar-refractivity contribution is -0.137. The first-order valence-corrected chi connectivity index (χ1v) is 9.86. The number of alkyl halides is 3. The Labute approximate surface area is 184 Å². The summed E-state index contributed by atoms with van der Waals surface area (Å²) in [6, 6.07) is 3.70. The number of halogens is 3. The second-order valence-corrected chi connectivity index (χ2v) is 6.99. The summed E-state index contributed by atoms with van der Waals surface area (Å²) in [5.74, 6) is 0.201. The van der Waals surface area contributed by atoms with Crippen LogP contribution in [-0.2, 0) is 19.1 Å². The number of urea groups is 1. The zero-order chi connectivity index (χ0) is 23.6. The smallest absolute Gasteiger partial charge is 0.383 e. The van der Waals surface area contributed by atoms with Crippen LogP contribution in [0.25, 0.3) is 16.8 Å². The van der Waals surface area contributed by atoms with Crippen molar-refractivity contribution >= 4 is 23.3 Å². The van der Waals surface area contributed by atoms with Gasteiger partial charge in [-0.2, -0.15) is 18.0 Å². The lowest BCUT2D eigenvalue weighted by Gasteiger charge is -2.11. The average Bonchev–Trinajstić information content (AvgIpc) is 3.38. The molecule has 0 unspecified atom stereocenters. The molecule has 0 aromatic carbocycles. The quantitative estimate of drug-likeness (QED) is 0.401. The van der Waals surface area contributed by atoms with Crippen molar-refractivity contribution in [2.75, 3.05) is 17.6 Å². The molecule has 0 bridgehead atoms. The molecule has 4 N–H and O–H groups in total. The molecule has 14 heteroatoms. The van der Waals surface area contributed by atoms with Crippen LogP contribution in [0.2, 0.25) is 0 Å². The Kier molecular flexibility index (Phi) is 5.81. The number of amides is 2. The molecule has 33 heavy (non-hydrogen) atoms. The highest BCUT2D eigenvalue weighted by molar-refractivity contribution is 5.88. The lowest BCUT2D eigenvalue weighted by Crippen LogP contribution is -2.30. The van der Waals surface area contributed by atoms with E-state index >= 15 is 0 Å². The van der Waals surface area contributed by atoms with Gasteiger partial charge in [0.1, 0.15) is 11.5 Å². The van der Waals surface area contributed by atoms with Gasteiger partial charge in [-0.25, -0.2) is 14.8 Å². The number of rotatable bonds is 6. The highest BCUT2D eigenvalue weighted by atomic mass is 19.4. The predicted molar refractivity (Wildman–Crippen MR) is 112 cm³/mol. The molecule has 0 aliphatic heterocycles. The number of tetrazole rings is 1. The first-order valence-electron chi connectivity index (χ1n) is 9.86. The third-order valence-electron chi connectivity index (χ3n) is 4.66. The van der Waals surface area contributed by atoms with E-state index < -0.39 is 23.6 Å². The van der Waals surface area contributed by atoms with Gasteiger partial charge in [-0.1, -0.05) is 0 Å². The Bertz CT molecular complexity index is 1300. The Morgan fingerprint density at radius 1 is 1.21 bits per heavy atom. The standard InChI is InChI=1S/C19H19F3N10O/c1-2-32-29-14(28-30-32)5-6-24-18(33)27-15-10-31-9-11(3-4-16(31)26-15)12-7-13(19(20,21)22)17(23)25-8-12/h3-4,7-10H,2,5-6H2,1H3,(H2,23,25)(H2,24,27,33). The maximum Gasteiger partial charge on any atom is 0.419 e. The molecule has 2 amide bonds. The molecular formula is C19H19F3N10O. The fourth-order valence-corrected chi connectivity index (χ4v) is 3.04. The molecule has 0 saturated carbocycles. The second-order valence-electron chi connectivity index (χ2n) is 6.99. The Hall–Kier alpha value is -4.23. The van der Waals surface area contributed by atoms with Crippen molar-refractivity contribution in [2.24, 2.45) is 0 Å². The highest BCUT2D eigenvalue weighted by Gasteiger charge is 2.34. The molecule has 0 radical (unpaired) electrons. The van der Waals surface area contributed by atoms with E-state index in [1.807, 2.05) is 6.92 Å². The minimum atomic E-state index is -4.61. The summed E-state index contributed by atoms with van der Waals surface area (Å²) in [4.78, 5) is 21.5. The summed E-state index contributed by atoms with van der Waals surface area (Å²) in [7, 11) is 0. The van der Waals surface area contributed by atoms with Gasteiger partial charge in [0, 0.05) is 36.5 Å². The van der Waals surface area contributed by atoms with Crippen molar-refractivity contribution < 1.29 is 18.0 Å². The van der Waals surface area contributed by atoms with E-state index in [0.29, 0.717) is 36.5 Å². The van der Waals surface area contributed by atoms with E-state index in [4.69, 9.17) is 5.73 Å². The molecule has 0 saturated heterocycles. The molecule has 0 atom stereocenters. The summed E-state index contributed by atoms with van der Waals surface area (Å²) in [5, 5.41) is 17.1. The fraction of sp³-hybridized carbons (Fsp3) is 0.263. The minimum absolute atomic E-state index is 0.244. The second kappa shape index (κ2) is 8.72. The number of hydrogen-bond donors (Lipinski definition) is 3. The number of carbonyl (C=O) groups excluding carboxylic acids is 1. The number of nitrogens with two attached hydrogens (primary N) is 1. The first-order chi connectivity index (χ1) is 15.7. The largest absolute Gasteiger partial charge is 0.419 e. The number of aromatic nitrogens is 7. The van der Waals surface area contributed by atoms with Crippen LogP contribution in [0, 0.1) is 0 Å². The molecule has 11 nitrogen and oxygen atoms in total. The van der Waals surface area contributed by atoms with Crippen LogP contribution < -0.4 is 16.4 Å². The van der Waals surface area contributed by atoms with E-state index in [2.05, 4.69) is 36.0 Å². The lowest BCUT2D eigenvalue weighted by atomic mass is 10.1. The van der Waals surface area contributed by atoms with E-state index in [9.17, 15) is 18.0 Å². The molecule has 172 valence electrons.